The van der Waals surface area contributed by atoms with Crippen LogP contribution in [0, 0.1) is 5.92 Å². The average Bonchev–Trinajstić information content (AvgIpc) is 3.54. The molecule has 36 heavy (non-hydrogen) atoms. The molecule has 1 aromatic carbocycles. The van der Waals surface area contributed by atoms with Crippen molar-refractivity contribution < 1.29 is 18.6 Å². The zero-order valence-corrected chi connectivity index (χ0v) is 21.0. The fraction of sp³-hybridized carbons (Fsp3) is 0.250. The maximum atomic E-state index is 12.9. The van der Waals surface area contributed by atoms with Gasteiger partial charge in [-0.15, -0.1) is 11.3 Å². The lowest BCUT2D eigenvalue weighted by Gasteiger charge is -2.34. The molecule has 4 aromatic rings. The standard InChI is InChI=1S/C24H24N6O4S2/c1-34-24-19-8-16(11-26-24)20-9-18-21(35-20)22(28-13-27-18)30-6-5-14(12-30)10-25-23(31)15-3-2-4-17(7-15)36(32,33)29-19/h2-4,7-9,11,13-14,29,32-33H,5-6,10,12H2,1H3,(H,25,31)/t14-/m0/s1. The van der Waals surface area contributed by atoms with Gasteiger partial charge in [-0.25, -0.2) is 15.0 Å². The first-order valence-corrected chi connectivity index (χ1v) is 13.8. The Morgan fingerprint density at radius 2 is 2.06 bits per heavy atom. The summed E-state index contributed by atoms with van der Waals surface area (Å²) in [5.41, 5.74) is 2.28. The predicted octanol–water partition coefficient (Wildman–Crippen LogP) is 4.47. The molecule has 2 aliphatic rings. The number of methoxy groups -OCH3 is 1. The fourth-order valence-electron chi connectivity index (χ4n) is 4.59. The maximum Gasteiger partial charge on any atom is 0.251 e. The Labute approximate surface area is 212 Å². The van der Waals surface area contributed by atoms with Gasteiger partial charge in [-0.1, -0.05) is 16.8 Å². The topological polar surface area (TPSA) is 133 Å². The van der Waals surface area contributed by atoms with E-state index < -0.39 is 10.8 Å². The number of benzene rings is 1. The van der Waals surface area contributed by atoms with Crippen molar-refractivity contribution in [2.75, 3.05) is 36.4 Å². The number of nitrogens with one attached hydrogen (secondary N) is 2. The van der Waals surface area contributed by atoms with Crippen LogP contribution in [0.5, 0.6) is 5.88 Å². The number of amides is 1. The Bertz CT molecular complexity index is 1480. The van der Waals surface area contributed by atoms with Gasteiger partial charge < -0.3 is 15.0 Å². The van der Waals surface area contributed by atoms with Crippen molar-refractivity contribution in [2.45, 2.75) is 11.3 Å². The number of pyridine rings is 1. The molecule has 0 radical (unpaired) electrons. The molecule has 5 heterocycles. The first-order valence-electron chi connectivity index (χ1n) is 11.4. The number of fused-ring (bicyclic) bond motifs is 9. The number of rotatable bonds is 1. The van der Waals surface area contributed by atoms with E-state index in [-0.39, 0.29) is 22.6 Å². The molecule has 1 amide bonds. The second-order valence-electron chi connectivity index (χ2n) is 8.79. The Morgan fingerprint density at radius 1 is 1.17 bits per heavy atom. The third-order valence-electron chi connectivity index (χ3n) is 6.44. The van der Waals surface area contributed by atoms with E-state index in [9.17, 15) is 13.9 Å². The zero-order valence-electron chi connectivity index (χ0n) is 19.3. The Hall–Kier alpha value is -3.45. The molecule has 6 rings (SSSR count). The van der Waals surface area contributed by atoms with Gasteiger partial charge in [0.05, 0.1) is 22.2 Å². The number of aromatic nitrogens is 3. The van der Waals surface area contributed by atoms with Gasteiger partial charge in [0.2, 0.25) is 5.88 Å². The second-order valence-corrected chi connectivity index (χ2v) is 11.6. The Balaban J connectivity index is 1.50. The fourth-order valence-corrected chi connectivity index (χ4v) is 6.83. The summed E-state index contributed by atoms with van der Waals surface area (Å²) in [6.07, 6.45) is 4.19. The average molecular weight is 525 g/mol. The highest BCUT2D eigenvalue weighted by Gasteiger charge is 2.27. The van der Waals surface area contributed by atoms with E-state index in [2.05, 4.69) is 29.9 Å². The van der Waals surface area contributed by atoms with Gasteiger partial charge >= 0.3 is 0 Å². The Morgan fingerprint density at radius 3 is 2.92 bits per heavy atom. The summed E-state index contributed by atoms with van der Waals surface area (Å²) in [6, 6.07) is 10.1. The van der Waals surface area contributed by atoms with Crippen LogP contribution in [0.2, 0.25) is 0 Å². The van der Waals surface area contributed by atoms with Crippen molar-refractivity contribution in [2.24, 2.45) is 5.92 Å². The van der Waals surface area contributed by atoms with Gasteiger partial charge in [-0.3, -0.25) is 18.6 Å². The lowest BCUT2D eigenvalue weighted by atomic mass is 10.1. The number of hydrogen-bond acceptors (Lipinski definition) is 10. The molecule has 12 heteroatoms. The molecule has 10 nitrogen and oxygen atoms in total. The van der Waals surface area contributed by atoms with Crippen LogP contribution < -0.4 is 19.7 Å². The molecule has 0 unspecified atom stereocenters. The highest BCUT2D eigenvalue weighted by Crippen LogP contribution is 2.50. The van der Waals surface area contributed by atoms with Gasteiger partial charge in [-0.05, 0) is 42.7 Å². The summed E-state index contributed by atoms with van der Waals surface area (Å²) in [7, 11) is -2.06. The van der Waals surface area contributed by atoms with Crippen LogP contribution in [-0.4, -0.2) is 56.7 Å². The summed E-state index contributed by atoms with van der Waals surface area (Å²) in [6.45, 7) is 2.14. The summed E-state index contributed by atoms with van der Waals surface area (Å²) < 4.78 is 31.2. The van der Waals surface area contributed by atoms with Crippen molar-refractivity contribution in [3.8, 4) is 16.3 Å². The maximum absolute atomic E-state index is 12.9. The molecule has 3 aromatic heterocycles. The summed E-state index contributed by atoms with van der Waals surface area (Å²) in [5, 5.41) is 3.00. The van der Waals surface area contributed by atoms with E-state index in [0.717, 1.165) is 46.0 Å². The van der Waals surface area contributed by atoms with Crippen LogP contribution in [0.4, 0.5) is 11.5 Å². The molecule has 8 bridgehead atoms. The molecule has 0 spiro atoms. The molecule has 1 fully saturated rings. The van der Waals surface area contributed by atoms with Crippen LogP contribution in [0.1, 0.15) is 16.8 Å². The van der Waals surface area contributed by atoms with Crippen LogP contribution in [0.3, 0.4) is 0 Å². The third-order valence-corrected chi connectivity index (χ3v) is 9.02. The number of ether oxygens (including phenoxy) is 1. The smallest absolute Gasteiger partial charge is 0.251 e. The van der Waals surface area contributed by atoms with Crippen molar-refractivity contribution in [3.63, 3.8) is 0 Å². The van der Waals surface area contributed by atoms with E-state index in [1.54, 1.807) is 48.1 Å². The lowest BCUT2D eigenvalue weighted by Crippen LogP contribution is -2.31. The number of anilines is 2. The van der Waals surface area contributed by atoms with Gasteiger partial charge in [0.15, 0.2) is 0 Å². The van der Waals surface area contributed by atoms with Crippen molar-refractivity contribution in [1.29, 1.82) is 0 Å². The SMILES string of the molecule is COc1ncc2cc1NS(O)(O)c1cccc(c1)C(=O)NC[C@@H]1CCN(C1)c1ncnc3cc-2sc13. The zero-order chi connectivity index (χ0) is 24.9. The molecule has 4 N–H and O–H groups in total. The molecule has 186 valence electrons. The number of carbonyl (C=O) groups is 1. The molecule has 2 aliphatic heterocycles. The molecule has 0 saturated carbocycles. The largest absolute Gasteiger partial charge is 0.479 e. The van der Waals surface area contributed by atoms with Crippen LogP contribution in [-0.2, 0) is 0 Å². The minimum absolute atomic E-state index is 0.192. The van der Waals surface area contributed by atoms with Crippen LogP contribution >= 0.6 is 22.1 Å². The number of carbonyl (C=O) groups excluding carboxylic acids is 1. The van der Waals surface area contributed by atoms with E-state index in [1.807, 2.05) is 6.07 Å². The molecular formula is C24H24N6O4S2. The second kappa shape index (κ2) is 8.89. The van der Waals surface area contributed by atoms with Crippen molar-refractivity contribution in [3.05, 3.63) is 54.5 Å². The molecule has 1 atom stereocenters. The van der Waals surface area contributed by atoms with Crippen molar-refractivity contribution >= 4 is 49.7 Å². The minimum Gasteiger partial charge on any atom is -0.479 e. The number of hydrogen-bond donors (Lipinski definition) is 4. The van der Waals surface area contributed by atoms with E-state index in [4.69, 9.17) is 4.74 Å². The van der Waals surface area contributed by atoms with Crippen LogP contribution in [0.15, 0.2) is 53.8 Å². The van der Waals surface area contributed by atoms with E-state index in [1.165, 1.54) is 13.2 Å². The third kappa shape index (κ3) is 4.11. The first-order chi connectivity index (χ1) is 17.4. The van der Waals surface area contributed by atoms with Gasteiger partial charge in [-0.2, -0.15) is 0 Å². The van der Waals surface area contributed by atoms with E-state index >= 15 is 0 Å². The lowest BCUT2D eigenvalue weighted by molar-refractivity contribution is 0.0948. The minimum atomic E-state index is -3.53. The summed E-state index contributed by atoms with van der Waals surface area (Å²) in [5.74, 6) is 1.11. The Kier molecular flexibility index (Phi) is 5.67. The predicted molar refractivity (Wildman–Crippen MR) is 141 cm³/mol. The summed E-state index contributed by atoms with van der Waals surface area (Å²) >= 11 is 1.56. The monoisotopic (exact) mass is 524 g/mol. The normalized spacial score (nSPS) is 19.8. The number of nitrogens with zero attached hydrogens (tertiary/aromatic N) is 4. The van der Waals surface area contributed by atoms with Gasteiger partial charge in [0.25, 0.3) is 5.91 Å². The van der Waals surface area contributed by atoms with E-state index in [0.29, 0.717) is 17.8 Å². The summed E-state index contributed by atoms with van der Waals surface area (Å²) in [4.78, 5) is 29.7. The molecule has 1 saturated heterocycles. The van der Waals surface area contributed by atoms with Gasteiger partial charge in [0, 0.05) is 41.8 Å². The van der Waals surface area contributed by atoms with Crippen LogP contribution in [0.25, 0.3) is 20.7 Å². The highest BCUT2D eigenvalue weighted by atomic mass is 32.3. The quantitative estimate of drug-likeness (QED) is 0.285. The first kappa shape index (κ1) is 23.0. The van der Waals surface area contributed by atoms with Crippen molar-refractivity contribution in [1.82, 2.24) is 20.3 Å². The van der Waals surface area contributed by atoms with Gasteiger partial charge in [0.1, 0.15) is 17.8 Å². The molecule has 0 aliphatic carbocycles. The highest BCUT2D eigenvalue weighted by molar-refractivity contribution is 8.25. The number of thiophene rings is 1. The molecular weight excluding hydrogens is 500 g/mol.